The van der Waals surface area contributed by atoms with Crippen molar-refractivity contribution in [3.05, 3.63) is 104 Å². The van der Waals surface area contributed by atoms with Gasteiger partial charge in [0.05, 0.1) is 22.1 Å². The number of benzene rings is 3. The van der Waals surface area contributed by atoms with Crippen molar-refractivity contribution in [3.8, 4) is 5.69 Å². The van der Waals surface area contributed by atoms with Crippen molar-refractivity contribution in [2.75, 3.05) is 16.0 Å². The van der Waals surface area contributed by atoms with Crippen LogP contribution in [0.15, 0.2) is 77.6 Å². The highest BCUT2D eigenvalue weighted by molar-refractivity contribution is 7.80. The maximum absolute atomic E-state index is 13.1. The molecule has 3 N–H and O–H groups in total. The second-order valence-electron chi connectivity index (χ2n) is 7.67. The molecule has 35 heavy (non-hydrogen) atoms. The van der Waals surface area contributed by atoms with Crippen molar-refractivity contribution >= 4 is 63.5 Å². The Balaban J connectivity index is 1.51. The molecule has 0 fully saturated rings. The Hall–Kier alpha value is -3.59. The van der Waals surface area contributed by atoms with Gasteiger partial charge in [-0.3, -0.25) is 14.3 Å². The maximum Gasteiger partial charge on any atom is 0.295 e. The number of aromatic nitrogens is 2. The van der Waals surface area contributed by atoms with E-state index in [1.807, 2.05) is 30.3 Å². The highest BCUT2D eigenvalue weighted by atomic mass is 35.5. The highest BCUT2D eigenvalue weighted by Crippen LogP contribution is 2.25. The van der Waals surface area contributed by atoms with E-state index in [0.717, 1.165) is 0 Å². The standard InChI is InChI=1S/C25H21Cl2N5O2S/c1-15-22(24(34)32(31(15)2)19-9-4-3-5-10-19)30-23(33)16-7-6-8-18(13-16)28-25(35)29-21-12-11-17(26)14-20(21)27/h3-14H,1-2H3,(H,30,33)(H2,28,29,35). The molecule has 7 nitrogen and oxygen atoms in total. The molecule has 0 unspecified atom stereocenters. The van der Waals surface area contributed by atoms with Gasteiger partial charge >= 0.3 is 0 Å². The first-order valence-electron chi connectivity index (χ1n) is 10.5. The Labute approximate surface area is 217 Å². The summed E-state index contributed by atoms with van der Waals surface area (Å²) < 4.78 is 3.21. The summed E-state index contributed by atoms with van der Waals surface area (Å²) in [5, 5.41) is 10.0. The third-order valence-electron chi connectivity index (χ3n) is 5.35. The number of thiocarbonyl (C=S) groups is 1. The minimum atomic E-state index is -0.417. The van der Waals surface area contributed by atoms with Crippen molar-refractivity contribution in [3.63, 3.8) is 0 Å². The van der Waals surface area contributed by atoms with Crippen molar-refractivity contribution in [2.45, 2.75) is 6.92 Å². The lowest BCUT2D eigenvalue weighted by Crippen LogP contribution is -2.23. The van der Waals surface area contributed by atoms with Crippen LogP contribution in [0.2, 0.25) is 10.0 Å². The van der Waals surface area contributed by atoms with Crippen molar-refractivity contribution in [1.82, 2.24) is 9.36 Å². The summed E-state index contributed by atoms with van der Waals surface area (Å²) in [5.74, 6) is -0.417. The molecule has 0 spiro atoms. The lowest BCUT2D eigenvalue weighted by molar-refractivity contribution is 0.102. The number of amides is 1. The zero-order chi connectivity index (χ0) is 25.1. The Kier molecular flexibility index (Phi) is 7.25. The second-order valence-corrected chi connectivity index (χ2v) is 8.93. The molecule has 0 bridgehead atoms. The molecule has 0 aliphatic carbocycles. The molecule has 0 aliphatic heterocycles. The number of carbonyl (C=O) groups excluding carboxylic acids is 1. The first-order valence-corrected chi connectivity index (χ1v) is 11.7. The maximum atomic E-state index is 13.1. The molecule has 4 aromatic rings. The van der Waals surface area contributed by atoms with Crippen LogP contribution in [-0.4, -0.2) is 20.4 Å². The zero-order valence-electron chi connectivity index (χ0n) is 18.8. The number of para-hydroxylation sites is 1. The average Bonchev–Trinajstić information content (AvgIpc) is 3.04. The predicted molar refractivity (Wildman–Crippen MR) is 146 cm³/mol. The van der Waals surface area contributed by atoms with Gasteiger partial charge in [0, 0.05) is 23.3 Å². The molecular weight excluding hydrogens is 505 g/mol. The molecule has 1 heterocycles. The molecular formula is C25H21Cl2N5O2S. The smallest absolute Gasteiger partial charge is 0.295 e. The molecule has 0 radical (unpaired) electrons. The van der Waals surface area contributed by atoms with Gasteiger partial charge < -0.3 is 16.0 Å². The lowest BCUT2D eigenvalue weighted by atomic mass is 10.2. The van der Waals surface area contributed by atoms with E-state index in [9.17, 15) is 9.59 Å². The average molecular weight is 526 g/mol. The molecule has 0 saturated carbocycles. The van der Waals surface area contributed by atoms with Gasteiger partial charge in [-0.25, -0.2) is 4.68 Å². The number of hydrogen-bond donors (Lipinski definition) is 3. The minimum absolute atomic E-state index is 0.217. The van der Waals surface area contributed by atoms with Crippen LogP contribution in [0.25, 0.3) is 5.69 Å². The Morgan fingerprint density at radius 2 is 1.66 bits per heavy atom. The van der Waals surface area contributed by atoms with E-state index in [2.05, 4.69) is 16.0 Å². The quantitative estimate of drug-likeness (QED) is 0.284. The van der Waals surface area contributed by atoms with Crippen LogP contribution in [0.3, 0.4) is 0 Å². The predicted octanol–water partition coefficient (Wildman–Crippen LogP) is 5.85. The molecule has 10 heteroatoms. The van der Waals surface area contributed by atoms with Crippen LogP contribution in [0, 0.1) is 6.92 Å². The molecule has 178 valence electrons. The van der Waals surface area contributed by atoms with E-state index >= 15 is 0 Å². The monoisotopic (exact) mass is 525 g/mol. The van der Waals surface area contributed by atoms with E-state index in [1.54, 1.807) is 61.1 Å². The number of hydrogen-bond acceptors (Lipinski definition) is 3. The third-order valence-corrected chi connectivity index (χ3v) is 6.11. The van der Waals surface area contributed by atoms with E-state index in [1.165, 1.54) is 4.68 Å². The second kappa shape index (κ2) is 10.4. The van der Waals surface area contributed by atoms with Gasteiger partial charge in [0.15, 0.2) is 5.11 Å². The number of nitrogens with zero attached hydrogens (tertiary/aromatic N) is 2. The number of nitrogens with one attached hydrogen (secondary N) is 3. The van der Waals surface area contributed by atoms with Crippen LogP contribution in [0.4, 0.5) is 17.1 Å². The number of carbonyl (C=O) groups is 1. The summed E-state index contributed by atoms with van der Waals surface area (Å²) in [4.78, 5) is 26.1. The molecule has 0 saturated heterocycles. The molecule has 3 aromatic carbocycles. The zero-order valence-corrected chi connectivity index (χ0v) is 21.1. The van der Waals surface area contributed by atoms with Crippen molar-refractivity contribution in [2.24, 2.45) is 7.05 Å². The normalized spacial score (nSPS) is 10.6. The van der Waals surface area contributed by atoms with Crippen LogP contribution in [0.1, 0.15) is 16.1 Å². The van der Waals surface area contributed by atoms with E-state index < -0.39 is 5.91 Å². The fourth-order valence-corrected chi connectivity index (χ4v) is 4.20. The molecule has 0 atom stereocenters. The van der Waals surface area contributed by atoms with Crippen LogP contribution in [0.5, 0.6) is 0 Å². The van der Waals surface area contributed by atoms with E-state index in [-0.39, 0.29) is 16.4 Å². The highest BCUT2D eigenvalue weighted by Gasteiger charge is 2.19. The molecule has 1 aromatic heterocycles. The molecule has 1 amide bonds. The van der Waals surface area contributed by atoms with Gasteiger partial charge in [-0.2, -0.15) is 0 Å². The largest absolute Gasteiger partial charge is 0.332 e. The van der Waals surface area contributed by atoms with E-state index in [0.29, 0.717) is 38.4 Å². The van der Waals surface area contributed by atoms with Crippen LogP contribution in [-0.2, 0) is 7.05 Å². The van der Waals surface area contributed by atoms with Gasteiger partial charge in [0.1, 0.15) is 5.69 Å². The summed E-state index contributed by atoms with van der Waals surface area (Å²) in [6.07, 6.45) is 0. The Morgan fingerprint density at radius 1 is 0.914 bits per heavy atom. The van der Waals surface area contributed by atoms with Crippen molar-refractivity contribution in [1.29, 1.82) is 0 Å². The third kappa shape index (κ3) is 5.40. The van der Waals surface area contributed by atoms with Gasteiger partial charge in [0.2, 0.25) is 0 Å². The fraction of sp³-hybridized carbons (Fsp3) is 0.0800. The SMILES string of the molecule is Cc1c(NC(=O)c2cccc(NC(=S)Nc3ccc(Cl)cc3Cl)c2)c(=O)n(-c2ccccc2)n1C. The first kappa shape index (κ1) is 24.5. The van der Waals surface area contributed by atoms with Crippen LogP contribution < -0.4 is 21.5 Å². The number of rotatable bonds is 5. The topological polar surface area (TPSA) is 80.1 Å². The number of anilines is 3. The Morgan fingerprint density at radius 3 is 2.37 bits per heavy atom. The first-order chi connectivity index (χ1) is 16.7. The lowest BCUT2D eigenvalue weighted by Gasteiger charge is -2.13. The Bertz CT molecular complexity index is 1480. The van der Waals surface area contributed by atoms with Gasteiger partial charge in [-0.1, -0.05) is 47.5 Å². The van der Waals surface area contributed by atoms with Gasteiger partial charge in [0.25, 0.3) is 11.5 Å². The summed E-state index contributed by atoms with van der Waals surface area (Å²) in [6.45, 7) is 1.78. The number of halogens is 2. The summed E-state index contributed by atoms with van der Waals surface area (Å²) >= 11 is 17.5. The van der Waals surface area contributed by atoms with Crippen LogP contribution >= 0.6 is 35.4 Å². The minimum Gasteiger partial charge on any atom is -0.332 e. The summed E-state index contributed by atoms with van der Waals surface area (Å²) in [7, 11) is 1.77. The van der Waals surface area contributed by atoms with E-state index in [4.69, 9.17) is 35.4 Å². The molecule has 4 rings (SSSR count). The summed E-state index contributed by atoms with van der Waals surface area (Å²) in [6, 6.07) is 21.0. The summed E-state index contributed by atoms with van der Waals surface area (Å²) in [5.41, 5.74) is 2.78. The van der Waals surface area contributed by atoms with Gasteiger partial charge in [-0.15, -0.1) is 0 Å². The fourth-order valence-electron chi connectivity index (χ4n) is 3.51. The van der Waals surface area contributed by atoms with Crippen molar-refractivity contribution < 1.29 is 4.79 Å². The molecule has 0 aliphatic rings. The van der Waals surface area contributed by atoms with Gasteiger partial charge in [-0.05, 0) is 67.7 Å².